The molecule has 3 rings (SSSR count). The second kappa shape index (κ2) is 8.37. The summed E-state index contributed by atoms with van der Waals surface area (Å²) in [4.78, 5) is 26.5. The van der Waals surface area contributed by atoms with Crippen molar-refractivity contribution < 1.29 is 23.1 Å². The molecule has 148 valence electrons. The van der Waals surface area contributed by atoms with Gasteiger partial charge >= 0.3 is 0 Å². The Kier molecular flexibility index (Phi) is 5.92. The van der Waals surface area contributed by atoms with Crippen LogP contribution in [0.4, 0.5) is 14.5 Å². The fraction of sp³-hybridized carbons (Fsp3) is 0.333. The van der Waals surface area contributed by atoms with E-state index < -0.39 is 23.6 Å². The Morgan fingerprint density at radius 3 is 2.57 bits per heavy atom. The van der Waals surface area contributed by atoms with Gasteiger partial charge in [0.15, 0.2) is 11.6 Å². The summed E-state index contributed by atoms with van der Waals surface area (Å²) in [5, 5.41) is 2.78. The van der Waals surface area contributed by atoms with Crippen molar-refractivity contribution in [1.82, 2.24) is 5.32 Å². The summed E-state index contributed by atoms with van der Waals surface area (Å²) >= 11 is 0. The maximum atomic E-state index is 13.4. The van der Waals surface area contributed by atoms with Crippen molar-refractivity contribution in [2.24, 2.45) is 5.92 Å². The highest BCUT2D eigenvalue weighted by Crippen LogP contribution is 2.27. The van der Waals surface area contributed by atoms with E-state index in [-0.39, 0.29) is 24.8 Å². The number of ether oxygens (including phenoxy) is 1. The lowest BCUT2D eigenvalue weighted by Gasteiger charge is -2.19. The summed E-state index contributed by atoms with van der Waals surface area (Å²) in [6.07, 6.45) is 0.101. The summed E-state index contributed by atoms with van der Waals surface area (Å²) in [7, 11) is 0. The second-order valence-electron chi connectivity index (χ2n) is 6.74. The molecular formula is C21H22F2N2O3. The van der Waals surface area contributed by atoms with Gasteiger partial charge in [0.2, 0.25) is 11.8 Å². The SMILES string of the molecule is CCOc1ccc(N2CC(C(=O)NC(C)c3ccc(F)c(F)c3)CC2=O)cc1. The predicted octanol–water partition coefficient (Wildman–Crippen LogP) is 3.59. The first kappa shape index (κ1) is 19.8. The van der Waals surface area contributed by atoms with E-state index in [0.717, 1.165) is 12.1 Å². The Morgan fingerprint density at radius 1 is 1.21 bits per heavy atom. The summed E-state index contributed by atoms with van der Waals surface area (Å²) in [6, 6.07) is 10.1. The van der Waals surface area contributed by atoms with Crippen LogP contribution in [0, 0.1) is 17.6 Å². The van der Waals surface area contributed by atoms with Crippen LogP contribution in [0.1, 0.15) is 31.9 Å². The number of nitrogens with one attached hydrogen (secondary N) is 1. The molecule has 1 N–H and O–H groups in total. The van der Waals surface area contributed by atoms with Crippen LogP contribution in [0.25, 0.3) is 0 Å². The van der Waals surface area contributed by atoms with Gasteiger partial charge in [0.25, 0.3) is 0 Å². The van der Waals surface area contributed by atoms with Crippen molar-refractivity contribution in [3.63, 3.8) is 0 Å². The molecule has 0 spiro atoms. The van der Waals surface area contributed by atoms with Gasteiger partial charge in [-0.05, 0) is 55.8 Å². The fourth-order valence-corrected chi connectivity index (χ4v) is 3.22. The Morgan fingerprint density at radius 2 is 1.93 bits per heavy atom. The molecule has 1 heterocycles. The van der Waals surface area contributed by atoms with Gasteiger partial charge in [0.1, 0.15) is 5.75 Å². The van der Waals surface area contributed by atoms with E-state index in [1.807, 2.05) is 6.92 Å². The molecule has 0 saturated carbocycles. The Balaban J connectivity index is 1.63. The number of halogens is 2. The molecule has 1 aliphatic heterocycles. The first-order chi connectivity index (χ1) is 13.4. The molecule has 0 aromatic heterocycles. The van der Waals surface area contributed by atoms with Crippen molar-refractivity contribution in [2.45, 2.75) is 26.3 Å². The monoisotopic (exact) mass is 388 g/mol. The topological polar surface area (TPSA) is 58.6 Å². The van der Waals surface area contributed by atoms with E-state index in [2.05, 4.69) is 5.32 Å². The summed E-state index contributed by atoms with van der Waals surface area (Å²) in [5.41, 5.74) is 1.16. The summed E-state index contributed by atoms with van der Waals surface area (Å²) in [6.45, 7) is 4.40. The molecule has 5 nitrogen and oxygen atoms in total. The standard InChI is InChI=1S/C21H22F2N2O3/c1-3-28-17-7-5-16(6-8-17)25-12-15(11-20(25)26)21(27)24-13(2)14-4-9-18(22)19(23)10-14/h4-10,13,15H,3,11-12H2,1-2H3,(H,24,27). The highest BCUT2D eigenvalue weighted by Gasteiger charge is 2.35. The number of hydrogen-bond donors (Lipinski definition) is 1. The maximum Gasteiger partial charge on any atom is 0.227 e. The molecule has 0 radical (unpaired) electrons. The molecule has 1 fully saturated rings. The molecule has 2 amide bonds. The molecule has 0 aliphatic carbocycles. The highest BCUT2D eigenvalue weighted by atomic mass is 19.2. The summed E-state index contributed by atoms with van der Waals surface area (Å²) in [5.74, 6) is -2.12. The summed E-state index contributed by atoms with van der Waals surface area (Å²) < 4.78 is 31.9. The minimum Gasteiger partial charge on any atom is -0.494 e. The van der Waals surface area contributed by atoms with E-state index in [1.54, 1.807) is 36.1 Å². The van der Waals surface area contributed by atoms with Gasteiger partial charge in [-0.2, -0.15) is 0 Å². The Labute approximate surface area is 162 Å². The number of amides is 2. The van der Waals surface area contributed by atoms with Crippen molar-refractivity contribution in [1.29, 1.82) is 0 Å². The van der Waals surface area contributed by atoms with Crippen molar-refractivity contribution in [2.75, 3.05) is 18.1 Å². The van der Waals surface area contributed by atoms with Gasteiger partial charge in [-0.25, -0.2) is 8.78 Å². The third kappa shape index (κ3) is 4.30. The highest BCUT2D eigenvalue weighted by molar-refractivity contribution is 6.00. The Bertz CT molecular complexity index is 870. The van der Waals surface area contributed by atoms with Crippen LogP contribution in [0.2, 0.25) is 0 Å². The molecule has 2 unspecified atom stereocenters. The number of rotatable bonds is 6. The first-order valence-electron chi connectivity index (χ1n) is 9.17. The van der Waals surface area contributed by atoms with Gasteiger partial charge < -0.3 is 15.0 Å². The number of anilines is 1. The lowest BCUT2D eigenvalue weighted by Crippen LogP contribution is -2.34. The maximum absolute atomic E-state index is 13.4. The normalized spacial score (nSPS) is 17.5. The van der Waals surface area contributed by atoms with Crippen LogP contribution < -0.4 is 15.0 Å². The predicted molar refractivity (Wildman–Crippen MR) is 101 cm³/mol. The number of nitrogens with zero attached hydrogens (tertiary/aromatic N) is 1. The zero-order chi connectivity index (χ0) is 20.3. The van der Waals surface area contributed by atoms with Crippen molar-refractivity contribution in [3.05, 3.63) is 59.7 Å². The van der Waals surface area contributed by atoms with Gasteiger partial charge in [0.05, 0.1) is 18.6 Å². The lowest BCUT2D eigenvalue weighted by molar-refractivity contribution is -0.126. The number of carbonyl (C=O) groups excluding carboxylic acids is 2. The second-order valence-corrected chi connectivity index (χ2v) is 6.74. The average Bonchev–Trinajstić information content (AvgIpc) is 3.06. The third-order valence-electron chi connectivity index (χ3n) is 4.76. The van der Waals surface area contributed by atoms with Crippen LogP contribution in [-0.4, -0.2) is 25.0 Å². The Hall–Kier alpha value is -2.96. The first-order valence-corrected chi connectivity index (χ1v) is 9.17. The average molecular weight is 388 g/mol. The van der Waals surface area contributed by atoms with Crippen LogP contribution in [0.5, 0.6) is 5.75 Å². The smallest absolute Gasteiger partial charge is 0.227 e. The molecule has 1 aliphatic rings. The number of hydrogen-bond acceptors (Lipinski definition) is 3. The van der Waals surface area contributed by atoms with Crippen LogP contribution in [0.3, 0.4) is 0 Å². The molecule has 2 atom stereocenters. The molecule has 2 aromatic rings. The largest absolute Gasteiger partial charge is 0.494 e. The quantitative estimate of drug-likeness (QED) is 0.823. The van der Waals surface area contributed by atoms with Gasteiger partial charge in [-0.1, -0.05) is 6.07 Å². The van der Waals surface area contributed by atoms with Crippen molar-refractivity contribution >= 4 is 17.5 Å². The van der Waals surface area contributed by atoms with Gasteiger partial charge in [-0.15, -0.1) is 0 Å². The van der Waals surface area contributed by atoms with E-state index in [1.165, 1.54) is 6.07 Å². The van der Waals surface area contributed by atoms with Crippen LogP contribution in [0.15, 0.2) is 42.5 Å². The lowest BCUT2D eigenvalue weighted by atomic mass is 10.0. The van der Waals surface area contributed by atoms with Crippen LogP contribution in [-0.2, 0) is 9.59 Å². The molecule has 2 aromatic carbocycles. The van der Waals surface area contributed by atoms with E-state index in [4.69, 9.17) is 4.74 Å². The van der Waals surface area contributed by atoms with E-state index in [0.29, 0.717) is 23.6 Å². The zero-order valence-corrected chi connectivity index (χ0v) is 15.7. The van der Waals surface area contributed by atoms with Crippen LogP contribution >= 0.6 is 0 Å². The molecule has 0 bridgehead atoms. The fourth-order valence-electron chi connectivity index (χ4n) is 3.22. The minimum atomic E-state index is -0.962. The third-order valence-corrected chi connectivity index (χ3v) is 4.76. The molecule has 28 heavy (non-hydrogen) atoms. The minimum absolute atomic E-state index is 0.101. The van der Waals surface area contributed by atoms with Gasteiger partial charge in [-0.3, -0.25) is 9.59 Å². The van der Waals surface area contributed by atoms with E-state index in [9.17, 15) is 18.4 Å². The van der Waals surface area contributed by atoms with E-state index >= 15 is 0 Å². The molecule has 7 heteroatoms. The van der Waals surface area contributed by atoms with Gasteiger partial charge in [0, 0.05) is 18.7 Å². The molecule has 1 saturated heterocycles. The molecular weight excluding hydrogens is 366 g/mol. The van der Waals surface area contributed by atoms with Crippen molar-refractivity contribution in [3.8, 4) is 5.75 Å². The number of carbonyl (C=O) groups is 2. The zero-order valence-electron chi connectivity index (χ0n) is 15.7. The number of benzene rings is 2.